The summed E-state index contributed by atoms with van der Waals surface area (Å²) in [7, 11) is 1.34. The predicted molar refractivity (Wildman–Crippen MR) is 47.4 cm³/mol. The fourth-order valence-corrected chi connectivity index (χ4v) is 1.08. The Morgan fingerprint density at radius 2 is 2.17 bits per heavy atom. The van der Waals surface area contributed by atoms with Gasteiger partial charge >= 0.3 is 5.97 Å². The van der Waals surface area contributed by atoms with E-state index in [9.17, 15) is 4.79 Å². The molecule has 1 unspecified atom stereocenters. The van der Waals surface area contributed by atoms with Crippen molar-refractivity contribution >= 4 is 5.97 Å². The van der Waals surface area contributed by atoms with Crippen molar-refractivity contribution in [3.8, 4) is 0 Å². The van der Waals surface area contributed by atoms with Gasteiger partial charge in [0, 0.05) is 0 Å². The molecule has 72 valence electrons. The lowest BCUT2D eigenvalue weighted by molar-refractivity contribution is -0.142. The smallest absolute Gasteiger partial charge is 0.322 e. The van der Waals surface area contributed by atoms with Crippen LogP contribution >= 0.6 is 0 Å². The molecule has 4 N–H and O–H groups in total. The maximum atomic E-state index is 10.9. The van der Waals surface area contributed by atoms with E-state index in [0.717, 1.165) is 6.42 Å². The first kappa shape index (κ1) is 11.4. The van der Waals surface area contributed by atoms with E-state index in [1.54, 1.807) is 0 Å². The summed E-state index contributed by atoms with van der Waals surface area (Å²) in [6, 6.07) is -0.503. The van der Waals surface area contributed by atoms with Crippen LogP contribution in [0.4, 0.5) is 0 Å². The molecule has 0 heterocycles. The van der Waals surface area contributed by atoms with Crippen molar-refractivity contribution in [1.82, 2.24) is 0 Å². The number of hydrogen-bond acceptors (Lipinski definition) is 4. The van der Waals surface area contributed by atoms with E-state index in [-0.39, 0.29) is 5.97 Å². The topological polar surface area (TPSA) is 78.3 Å². The van der Waals surface area contributed by atoms with Crippen molar-refractivity contribution in [2.24, 2.45) is 17.4 Å². The van der Waals surface area contributed by atoms with E-state index < -0.39 is 6.04 Å². The number of esters is 1. The van der Waals surface area contributed by atoms with Crippen LogP contribution in [0.25, 0.3) is 0 Å². The fraction of sp³-hybridized carbons (Fsp3) is 0.875. The van der Waals surface area contributed by atoms with Crippen LogP contribution < -0.4 is 11.5 Å². The molecule has 0 fully saturated rings. The van der Waals surface area contributed by atoms with Gasteiger partial charge in [-0.15, -0.1) is 0 Å². The summed E-state index contributed by atoms with van der Waals surface area (Å²) in [5, 5.41) is 0. The van der Waals surface area contributed by atoms with Gasteiger partial charge in [-0.05, 0) is 25.3 Å². The van der Waals surface area contributed by atoms with Crippen molar-refractivity contribution < 1.29 is 9.53 Å². The molecule has 0 aliphatic heterocycles. The third kappa shape index (κ3) is 4.31. The molecule has 0 amide bonds. The lowest BCUT2D eigenvalue weighted by atomic mass is 9.99. The molecule has 0 saturated heterocycles. The van der Waals surface area contributed by atoms with Gasteiger partial charge in [-0.25, -0.2) is 0 Å². The Morgan fingerprint density at radius 3 is 2.58 bits per heavy atom. The van der Waals surface area contributed by atoms with Gasteiger partial charge in [0.25, 0.3) is 0 Å². The van der Waals surface area contributed by atoms with E-state index in [1.807, 2.05) is 6.92 Å². The van der Waals surface area contributed by atoms with Gasteiger partial charge in [0.05, 0.1) is 7.11 Å². The van der Waals surface area contributed by atoms with Crippen LogP contribution in [0.5, 0.6) is 0 Å². The minimum Gasteiger partial charge on any atom is -0.468 e. The van der Waals surface area contributed by atoms with Crippen LogP contribution in [0.15, 0.2) is 0 Å². The van der Waals surface area contributed by atoms with Gasteiger partial charge in [0.15, 0.2) is 0 Å². The van der Waals surface area contributed by atoms with Crippen molar-refractivity contribution in [1.29, 1.82) is 0 Å². The molecule has 2 atom stereocenters. The average Bonchev–Trinajstić information content (AvgIpc) is 2.03. The third-order valence-corrected chi connectivity index (χ3v) is 1.82. The Bertz CT molecular complexity index is 139. The second-order valence-corrected chi connectivity index (χ2v) is 3.05. The number of rotatable bonds is 5. The SMILES string of the molecule is COC(=O)[C@@H](N)CC(C)CCN. The zero-order chi connectivity index (χ0) is 9.56. The van der Waals surface area contributed by atoms with Crippen LogP contribution in [-0.2, 0) is 9.53 Å². The Hall–Kier alpha value is -0.610. The Morgan fingerprint density at radius 1 is 1.58 bits per heavy atom. The molecule has 0 aliphatic carbocycles. The maximum absolute atomic E-state index is 10.9. The van der Waals surface area contributed by atoms with E-state index in [1.165, 1.54) is 7.11 Å². The molecular formula is C8H18N2O2. The summed E-state index contributed by atoms with van der Waals surface area (Å²) in [5.74, 6) is 0.0305. The van der Waals surface area contributed by atoms with Gasteiger partial charge in [-0.1, -0.05) is 6.92 Å². The average molecular weight is 174 g/mol. The molecule has 4 nitrogen and oxygen atoms in total. The fourth-order valence-electron chi connectivity index (χ4n) is 1.08. The molecule has 0 aliphatic rings. The monoisotopic (exact) mass is 174 g/mol. The number of hydrogen-bond donors (Lipinski definition) is 2. The van der Waals surface area contributed by atoms with Crippen LogP contribution in [0.3, 0.4) is 0 Å². The van der Waals surface area contributed by atoms with Crippen LogP contribution in [0, 0.1) is 5.92 Å². The molecule has 12 heavy (non-hydrogen) atoms. The minimum absolute atomic E-state index is 0.348. The van der Waals surface area contributed by atoms with E-state index in [4.69, 9.17) is 11.5 Å². The maximum Gasteiger partial charge on any atom is 0.322 e. The van der Waals surface area contributed by atoms with Gasteiger partial charge in [0.2, 0.25) is 0 Å². The van der Waals surface area contributed by atoms with Crippen LogP contribution in [0.1, 0.15) is 19.8 Å². The highest BCUT2D eigenvalue weighted by molar-refractivity contribution is 5.75. The molecule has 0 spiro atoms. The highest BCUT2D eigenvalue weighted by atomic mass is 16.5. The third-order valence-electron chi connectivity index (χ3n) is 1.82. The quantitative estimate of drug-likeness (QED) is 0.569. The highest BCUT2D eigenvalue weighted by Crippen LogP contribution is 2.08. The molecular weight excluding hydrogens is 156 g/mol. The molecule has 0 aromatic carbocycles. The lowest BCUT2D eigenvalue weighted by Crippen LogP contribution is -2.33. The molecule has 0 aromatic heterocycles. The number of nitrogens with two attached hydrogens (primary N) is 2. The largest absolute Gasteiger partial charge is 0.468 e. The summed E-state index contributed by atoms with van der Waals surface area (Å²) in [6.45, 7) is 2.66. The molecule has 0 bridgehead atoms. The van der Waals surface area contributed by atoms with Crippen molar-refractivity contribution in [2.45, 2.75) is 25.8 Å². The number of carbonyl (C=O) groups excluding carboxylic acids is 1. The summed E-state index contributed by atoms with van der Waals surface area (Å²) < 4.78 is 4.50. The second-order valence-electron chi connectivity index (χ2n) is 3.05. The number of carbonyl (C=O) groups is 1. The van der Waals surface area contributed by atoms with Crippen LogP contribution in [0.2, 0.25) is 0 Å². The first-order chi connectivity index (χ1) is 5.61. The number of methoxy groups -OCH3 is 1. The molecule has 0 rings (SSSR count). The number of ether oxygens (including phenoxy) is 1. The van der Waals surface area contributed by atoms with Crippen molar-refractivity contribution in [2.75, 3.05) is 13.7 Å². The molecule has 0 aromatic rings. The Balaban J connectivity index is 3.67. The second kappa shape index (κ2) is 5.97. The summed E-state index contributed by atoms with van der Waals surface area (Å²) in [4.78, 5) is 10.9. The molecule has 0 saturated carbocycles. The minimum atomic E-state index is -0.503. The van der Waals surface area contributed by atoms with Gasteiger partial charge < -0.3 is 16.2 Å². The van der Waals surface area contributed by atoms with Crippen molar-refractivity contribution in [3.05, 3.63) is 0 Å². The van der Waals surface area contributed by atoms with Gasteiger partial charge in [0.1, 0.15) is 6.04 Å². The Kier molecular flexibility index (Phi) is 5.66. The molecule has 4 heteroatoms. The first-order valence-corrected chi connectivity index (χ1v) is 4.15. The normalized spacial score (nSPS) is 15.3. The standard InChI is InChI=1S/C8H18N2O2/c1-6(3-4-9)5-7(10)8(11)12-2/h6-7H,3-5,9-10H2,1-2H3/t6?,7-/m0/s1. The van der Waals surface area contributed by atoms with Gasteiger partial charge in [-0.2, -0.15) is 0 Å². The summed E-state index contributed by atoms with van der Waals surface area (Å²) in [6.07, 6.45) is 1.54. The summed E-state index contributed by atoms with van der Waals surface area (Å²) >= 11 is 0. The Labute approximate surface area is 73.2 Å². The summed E-state index contributed by atoms with van der Waals surface area (Å²) in [5.41, 5.74) is 10.9. The zero-order valence-electron chi connectivity index (χ0n) is 7.75. The predicted octanol–water partition coefficient (Wildman–Crippen LogP) is -0.138. The van der Waals surface area contributed by atoms with Gasteiger partial charge in [-0.3, -0.25) is 4.79 Å². The lowest BCUT2D eigenvalue weighted by Gasteiger charge is -2.14. The zero-order valence-corrected chi connectivity index (χ0v) is 7.75. The molecule has 0 radical (unpaired) electrons. The first-order valence-electron chi connectivity index (χ1n) is 4.15. The van der Waals surface area contributed by atoms with Crippen molar-refractivity contribution in [3.63, 3.8) is 0 Å². The van der Waals surface area contributed by atoms with E-state index in [2.05, 4.69) is 4.74 Å². The van der Waals surface area contributed by atoms with Crippen LogP contribution in [-0.4, -0.2) is 25.7 Å². The highest BCUT2D eigenvalue weighted by Gasteiger charge is 2.16. The van der Waals surface area contributed by atoms with E-state index in [0.29, 0.717) is 18.9 Å². The van der Waals surface area contributed by atoms with E-state index >= 15 is 0 Å².